The van der Waals surface area contributed by atoms with E-state index in [9.17, 15) is 0 Å². The molecule has 1 heteroatoms. The van der Waals surface area contributed by atoms with Crippen molar-refractivity contribution in [2.75, 3.05) is 0 Å². The van der Waals surface area contributed by atoms with Crippen molar-refractivity contribution in [3.8, 4) is 0 Å². The molecule has 0 heterocycles. The maximum atomic E-state index is 2.31. The summed E-state index contributed by atoms with van der Waals surface area (Å²) in [6.45, 7) is 0. The molecule has 0 saturated heterocycles. The van der Waals surface area contributed by atoms with E-state index in [1.165, 1.54) is 12.8 Å². The van der Waals surface area contributed by atoms with Crippen molar-refractivity contribution in [2.45, 2.75) is 12.8 Å². The third-order valence-electron chi connectivity index (χ3n) is 1.86. The van der Waals surface area contributed by atoms with Gasteiger partial charge in [-0.3, -0.25) is 0 Å². The van der Waals surface area contributed by atoms with Crippen LogP contribution in [-0.2, 0) is 0 Å². The number of hydrogen-bond acceptors (Lipinski definition) is 0. The summed E-state index contributed by atoms with van der Waals surface area (Å²) in [5.41, 5.74) is 0. The zero-order chi connectivity index (χ0) is 7.52. The van der Waals surface area contributed by atoms with Gasteiger partial charge in [0.15, 0.2) is 0 Å². The fourth-order valence-electron chi connectivity index (χ4n) is 1.29. The molecule has 0 aliphatic heterocycles. The van der Waals surface area contributed by atoms with E-state index in [0.717, 1.165) is 0 Å². The van der Waals surface area contributed by atoms with E-state index in [2.05, 4.69) is 36.5 Å². The molecule has 0 aromatic carbocycles. The second-order valence-corrected chi connectivity index (χ2v) is 7.15. The summed E-state index contributed by atoms with van der Waals surface area (Å²) in [5, 5.41) is 0. The van der Waals surface area contributed by atoms with Crippen molar-refractivity contribution < 1.29 is 0 Å². The standard InChI is InChI=1S/2C5H5.Sn/c2*1-2-4-5-3-1;/h2*1-3H,4H2;/q;;+2. The maximum absolute atomic E-state index is 2.31. The van der Waals surface area contributed by atoms with Crippen LogP contribution in [0.2, 0.25) is 0 Å². The van der Waals surface area contributed by atoms with Gasteiger partial charge in [-0.1, -0.05) is 0 Å². The van der Waals surface area contributed by atoms with Gasteiger partial charge >= 0.3 is 77.6 Å². The van der Waals surface area contributed by atoms with Crippen LogP contribution in [0.15, 0.2) is 43.6 Å². The summed E-state index contributed by atoms with van der Waals surface area (Å²) < 4.78 is 3.45. The number of hydrogen-bond donors (Lipinski definition) is 0. The summed E-state index contributed by atoms with van der Waals surface area (Å²) in [6, 6.07) is 0. The first kappa shape index (κ1) is 7.41. The topological polar surface area (TPSA) is 0 Å². The molecule has 0 N–H and O–H groups in total. The summed E-state index contributed by atoms with van der Waals surface area (Å²) in [4.78, 5) is 0. The Morgan fingerprint density at radius 3 is 1.82 bits per heavy atom. The Labute approximate surface area is 77.6 Å². The fourth-order valence-corrected chi connectivity index (χ4v) is 4.74. The van der Waals surface area contributed by atoms with Gasteiger partial charge in [0.05, 0.1) is 0 Å². The molecule has 2 rings (SSSR count). The average Bonchev–Trinajstić information content (AvgIpc) is 2.60. The SMILES string of the molecule is C1=CC[C]([Sn+2][C]2=CC=CC2)=C1. The normalized spacial score (nSPS) is 20.0. The zero-order valence-corrected chi connectivity index (χ0v) is 9.23. The quantitative estimate of drug-likeness (QED) is 0.659. The van der Waals surface area contributed by atoms with E-state index in [1.807, 2.05) is 0 Å². The van der Waals surface area contributed by atoms with Gasteiger partial charge in [0, 0.05) is 0 Å². The minimum absolute atomic E-state index is 0.312. The number of allylic oxidation sites excluding steroid dienone is 8. The van der Waals surface area contributed by atoms with Crippen LogP contribution in [0.4, 0.5) is 0 Å². The van der Waals surface area contributed by atoms with E-state index in [4.69, 9.17) is 0 Å². The van der Waals surface area contributed by atoms with E-state index in [1.54, 1.807) is 7.18 Å². The first-order chi connectivity index (χ1) is 5.45. The monoisotopic (exact) mass is 250 g/mol. The molecule has 0 fully saturated rings. The molecule has 0 unspecified atom stereocenters. The molecule has 0 nitrogen and oxygen atoms in total. The van der Waals surface area contributed by atoms with Crippen molar-refractivity contribution >= 4 is 21.1 Å². The van der Waals surface area contributed by atoms with E-state index in [-0.39, 0.29) is 21.1 Å². The Morgan fingerprint density at radius 2 is 1.45 bits per heavy atom. The second-order valence-electron chi connectivity index (χ2n) is 2.77. The van der Waals surface area contributed by atoms with Gasteiger partial charge < -0.3 is 0 Å². The summed E-state index contributed by atoms with van der Waals surface area (Å²) >= 11 is -0.312. The van der Waals surface area contributed by atoms with Crippen molar-refractivity contribution in [2.24, 2.45) is 0 Å². The van der Waals surface area contributed by atoms with Gasteiger partial charge in [0.25, 0.3) is 0 Å². The third-order valence-corrected chi connectivity index (χ3v) is 5.81. The molecule has 0 radical (unpaired) electrons. The first-order valence-corrected chi connectivity index (χ1v) is 6.79. The summed E-state index contributed by atoms with van der Waals surface area (Å²) in [5.74, 6) is 0. The van der Waals surface area contributed by atoms with E-state index < -0.39 is 0 Å². The van der Waals surface area contributed by atoms with Gasteiger partial charge in [-0.15, -0.1) is 0 Å². The van der Waals surface area contributed by atoms with Crippen LogP contribution >= 0.6 is 0 Å². The molecule has 0 spiro atoms. The van der Waals surface area contributed by atoms with Crippen LogP contribution in [0.3, 0.4) is 0 Å². The zero-order valence-electron chi connectivity index (χ0n) is 6.38. The van der Waals surface area contributed by atoms with Gasteiger partial charge in [-0.05, 0) is 0 Å². The van der Waals surface area contributed by atoms with Crippen molar-refractivity contribution in [3.63, 3.8) is 0 Å². The van der Waals surface area contributed by atoms with E-state index in [0.29, 0.717) is 0 Å². The van der Waals surface area contributed by atoms with Crippen LogP contribution in [-0.4, -0.2) is 21.1 Å². The molecule has 2 aliphatic rings. The average molecular weight is 249 g/mol. The molecule has 0 saturated carbocycles. The van der Waals surface area contributed by atoms with E-state index >= 15 is 0 Å². The Kier molecular flexibility index (Phi) is 2.32. The summed E-state index contributed by atoms with van der Waals surface area (Å²) in [6.07, 6.45) is 16.0. The Hall–Kier alpha value is -0.241. The Morgan fingerprint density at radius 1 is 0.909 bits per heavy atom. The summed E-state index contributed by atoms with van der Waals surface area (Å²) in [7, 11) is 0. The molecule has 0 bridgehead atoms. The Balaban J connectivity index is 1.91. The number of rotatable bonds is 2. The molecule has 52 valence electrons. The van der Waals surface area contributed by atoms with Gasteiger partial charge in [0.1, 0.15) is 0 Å². The molecule has 11 heavy (non-hydrogen) atoms. The molecular formula is C10H10Sn+2. The van der Waals surface area contributed by atoms with Gasteiger partial charge in [-0.25, -0.2) is 0 Å². The van der Waals surface area contributed by atoms with Gasteiger partial charge in [0.2, 0.25) is 0 Å². The van der Waals surface area contributed by atoms with Crippen LogP contribution in [0.5, 0.6) is 0 Å². The van der Waals surface area contributed by atoms with Crippen LogP contribution < -0.4 is 0 Å². The fraction of sp³-hybridized carbons (Fsp3) is 0.200. The van der Waals surface area contributed by atoms with Crippen LogP contribution in [0, 0.1) is 0 Å². The predicted molar refractivity (Wildman–Crippen MR) is 49.4 cm³/mol. The van der Waals surface area contributed by atoms with Crippen LogP contribution in [0.25, 0.3) is 0 Å². The minimum atomic E-state index is -0.312. The Bertz CT molecular complexity index is 239. The van der Waals surface area contributed by atoms with Crippen molar-refractivity contribution in [1.29, 1.82) is 0 Å². The molecule has 0 aromatic rings. The molecule has 2 aliphatic carbocycles. The third kappa shape index (κ3) is 1.86. The second kappa shape index (κ2) is 3.44. The van der Waals surface area contributed by atoms with Gasteiger partial charge in [-0.2, -0.15) is 0 Å². The first-order valence-electron chi connectivity index (χ1n) is 3.93. The molecule has 0 aromatic heterocycles. The van der Waals surface area contributed by atoms with Crippen molar-refractivity contribution in [3.05, 3.63) is 43.6 Å². The van der Waals surface area contributed by atoms with Crippen LogP contribution in [0.1, 0.15) is 12.8 Å². The predicted octanol–water partition coefficient (Wildman–Crippen LogP) is 2.38. The molecule has 0 atom stereocenters. The van der Waals surface area contributed by atoms with Crippen molar-refractivity contribution in [1.82, 2.24) is 0 Å². The molecule has 0 amide bonds. The molecular weight excluding hydrogens is 239 g/mol.